The van der Waals surface area contributed by atoms with E-state index in [-0.39, 0.29) is 0 Å². The Labute approximate surface area is 65.9 Å². The topological polar surface area (TPSA) is 27.3 Å². The molecule has 1 aliphatic heterocycles. The van der Waals surface area contributed by atoms with Crippen LogP contribution in [0.2, 0.25) is 0 Å². The van der Waals surface area contributed by atoms with Gasteiger partial charge in [-0.15, -0.1) is 6.58 Å². The van der Waals surface area contributed by atoms with Crippen LogP contribution in [0.4, 0.5) is 0 Å². The molecular weight excluding hydrogens is 146 g/mol. The molecule has 0 bridgehead atoms. The lowest BCUT2D eigenvalue weighted by Gasteiger charge is -2.26. The van der Waals surface area contributed by atoms with E-state index < -0.39 is 0 Å². The number of hydrogen-bond acceptors (Lipinski definition) is 4. The second kappa shape index (κ2) is 4.73. The molecule has 0 atom stereocenters. The molecule has 0 saturated carbocycles. The fourth-order valence-electron chi connectivity index (χ4n) is 0.751. The van der Waals surface area contributed by atoms with Crippen molar-refractivity contribution in [1.29, 1.82) is 0 Å². The van der Waals surface area contributed by atoms with Crippen molar-refractivity contribution < 1.29 is 0 Å². The normalized spacial score (nSPS) is 20.8. The van der Waals surface area contributed by atoms with Gasteiger partial charge in [0.05, 0.1) is 0 Å². The van der Waals surface area contributed by atoms with E-state index >= 15 is 0 Å². The molecule has 0 aromatic heterocycles. The van der Waals surface area contributed by atoms with E-state index in [1.54, 1.807) is 11.9 Å². The molecule has 1 aliphatic rings. The molecular formula is C6H13N3S. The van der Waals surface area contributed by atoms with Gasteiger partial charge in [-0.1, -0.05) is 18.0 Å². The summed E-state index contributed by atoms with van der Waals surface area (Å²) in [6, 6.07) is 0. The molecule has 3 nitrogen and oxygen atoms in total. The maximum atomic E-state index is 3.65. The van der Waals surface area contributed by atoms with Gasteiger partial charge in [0.25, 0.3) is 0 Å². The molecule has 1 saturated heterocycles. The molecule has 0 amide bonds. The number of nitrogens with zero attached hydrogens (tertiary/aromatic N) is 1. The smallest absolute Gasteiger partial charge is 0.0272 e. The number of hydrazine groups is 2. The van der Waals surface area contributed by atoms with Gasteiger partial charge >= 0.3 is 0 Å². The summed E-state index contributed by atoms with van der Waals surface area (Å²) in [5, 5.41) is 0. The molecule has 0 unspecified atom stereocenters. The Bertz CT molecular complexity index is 101. The minimum atomic E-state index is 0.967. The van der Waals surface area contributed by atoms with Crippen molar-refractivity contribution in [3.63, 3.8) is 0 Å². The highest BCUT2D eigenvalue weighted by Gasteiger charge is 2.06. The van der Waals surface area contributed by atoms with Crippen molar-refractivity contribution in [2.75, 3.05) is 18.8 Å². The molecule has 0 aromatic rings. The summed E-state index contributed by atoms with van der Waals surface area (Å²) in [4.78, 5) is 0. The average molecular weight is 159 g/mol. The second-order valence-electron chi connectivity index (χ2n) is 2.08. The van der Waals surface area contributed by atoms with Crippen LogP contribution >= 0.6 is 11.9 Å². The van der Waals surface area contributed by atoms with Crippen molar-refractivity contribution in [2.45, 2.75) is 6.42 Å². The van der Waals surface area contributed by atoms with Gasteiger partial charge in [0.15, 0.2) is 0 Å². The van der Waals surface area contributed by atoms with Gasteiger partial charge in [-0.2, -0.15) is 9.95 Å². The summed E-state index contributed by atoms with van der Waals surface area (Å²) < 4.78 is 2.09. The summed E-state index contributed by atoms with van der Waals surface area (Å²) in [5.41, 5.74) is 6.12. The van der Waals surface area contributed by atoms with Crippen molar-refractivity contribution in [3.05, 3.63) is 12.7 Å². The van der Waals surface area contributed by atoms with Gasteiger partial charge in [-0.25, -0.2) is 5.43 Å². The quantitative estimate of drug-likeness (QED) is 0.464. The first kappa shape index (κ1) is 8.07. The first-order valence-corrected chi connectivity index (χ1v) is 4.37. The Morgan fingerprint density at radius 2 is 2.60 bits per heavy atom. The minimum absolute atomic E-state index is 0.967. The zero-order chi connectivity index (χ0) is 7.23. The lowest BCUT2D eigenvalue weighted by molar-refractivity contribution is 0.241. The third-order valence-corrected chi connectivity index (χ3v) is 2.19. The molecule has 58 valence electrons. The number of rotatable bonds is 3. The van der Waals surface area contributed by atoms with E-state index in [4.69, 9.17) is 0 Å². The van der Waals surface area contributed by atoms with Crippen LogP contribution in [0, 0.1) is 0 Å². The van der Waals surface area contributed by atoms with E-state index in [1.165, 1.54) is 6.42 Å². The van der Waals surface area contributed by atoms with Crippen LogP contribution in [-0.2, 0) is 0 Å². The van der Waals surface area contributed by atoms with Gasteiger partial charge < -0.3 is 0 Å². The molecule has 1 heterocycles. The monoisotopic (exact) mass is 159 g/mol. The molecule has 0 spiro atoms. The lowest BCUT2D eigenvalue weighted by Crippen LogP contribution is -2.49. The maximum absolute atomic E-state index is 3.65. The van der Waals surface area contributed by atoms with Crippen LogP contribution in [0.15, 0.2) is 12.7 Å². The Morgan fingerprint density at radius 1 is 1.70 bits per heavy atom. The third-order valence-electron chi connectivity index (χ3n) is 1.21. The van der Waals surface area contributed by atoms with E-state index in [0.717, 1.165) is 18.8 Å². The van der Waals surface area contributed by atoms with E-state index in [9.17, 15) is 0 Å². The molecule has 4 heteroatoms. The Morgan fingerprint density at radius 3 is 3.20 bits per heavy atom. The van der Waals surface area contributed by atoms with E-state index in [0.29, 0.717) is 0 Å². The van der Waals surface area contributed by atoms with Crippen LogP contribution in [0.1, 0.15) is 6.42 Å². The lowest BCUT2D eigenvalue weighted by atomic mass is 10.4. The summed E-state index contributed by atoms with van der Waals surface area (Å²) in [7, 11) is 0. The van der Waals surface area contributed by atoms with Crippen molar-refractivity contribution in [1.82, 2.24) is 15.4 Å². The fraction of sp³-hybridized carbons (Fsp3) is 0.667. The highest BCUT2D eigenvalue weighted by atomic mass is 32.2. The second-order valence-corrected chi connectivity index (χ2v) is 3.11. The van der Waals surface area contributed by atoms with Crippen LogP contribution in [0.5, 0.6) is 0 Å². The zero-order valence-corrected chi connectivity index (χ0v) is 6.78. The zero-order valence-electron chi connectivity index (χ0n) is 5.97. The van der Waals surface area contributed by atoms with Crippen LogP contribution in [-0.4, -0.2) is 23.3 Å². The standard InChI is InChI=1S/C6H13N3S/c1-2-6-10-9-5-3-4-7-8-9/h2,7-8H,1,3-6H2. The van der Waals surface area contributed by atoms with Crippen molar-refractivity contribution in [3.8, 4) is 0 Å². The van der Waals surface area contributed by atoms with Crippen LogP contribution in [0.3, 0.4) is 0 Å². The van der Waals surface area contributed by atoms with Crippen LogP contribution in [0.25, 0.3) is 0 Å². The third kappa shape index (κ3) is 2.70. The molecule has 0 aromatic carbocycles. The highest BCUT2D eigenvalue weighted by molar-refractivity contribution is 7.97. The van der Waals surface area contributed by atoms with Gasteiger partial charge in [-0.05, 0) is 6.42 Å². The molecule has 10 heavy (non-hydrogen) atoms. The molecule has 0 radical (unpaired) electrons. The van der Waals surface area contributed by atoms with Gasteiger partial charge in [0.1, 0.15) is 0 Å². The number of nitrogens with one attached hydrogen (secondary N) is 2. The largest absolute Gasteiger partial charge is 0.243 e. The first-order valence-electron chi connectivity index (χ1n) is 3.43. The summed E-state index contributed by atoms with van der Waals surface area (Å²) >= 11 is 1.74. The van der Waals surface area contributed by atoms with Gasteiger partial charge in [0.2, 0.25) is 0 Å². The summed E-state index contributed by atoms with van der Waals surface area (Å²) in [6.07, 6.45) is 3.11. The average Bonchev–Trinajstić information content (AvgIpc) is 2.03. The SMILES string of the molecule is C=CCSN1CCCNN1. The highest BCUT2D eigenvalue weighted by Crippen LogP contribution is 2.07. The minimum Gasteiger partial charge on any atom is -0.243 e. The van der Waals surface area contributed by atoms with E-state index in [1.807, 2.05) is 6.08 Å². The first-order chi connectivity index (χ1) is 4.93. The number of hydrogen-bond donors (Lipinski definition) is 2. The van der Waals surface area contributed by atoms with Crippen molar-refractivity contribution >= 4 is 11.9 Å². The Balaban J connectivity index is 2.07. The van der Waals surface area contributed by atoms with Crippen molar-refractivity contribution in [2.24, 2.45) is 0 Å². The Hall–Kier alpha value is -0.0300. The summed E-state index contributed by atoms with van der Waals surface area (Å²) in [5.74, 6) is 0.967. The molecule has 0 aliphatic carbocycles. The predicted octanol–water partition coefficient (Wildman–Crippen LogP) is 0.535. The van der Waals surface area contributed by atoms with Gasteiger partial charge in [0, 0.05) is 18.8 Å². The molecule has 1 fully saturated rings. The predicted molar refractivity (Wildman–Crippen MR) is 45.1 cm³/mol. The molecule has 1 rings (SSSR count). The van der Waals surface area contributed by atoms with Gasteiger partial charge in [-0.3, -0.25) is 0 Å². The maximum Gasteiger partial charge on any atom is 0.0272 e. The Kier molecular flexibility index (Phi) is 3.82. The molecule has 2 N–H and O–H groups in total. The summed E-state index contributed by atoms with van der Waals surface area (Å²) in [6.45, 7) is 5.81. The fourth-order valence-corrected chi connectivity index (χ4v) is 1.42. The van der Waals surface area contributed by atoms with E-state index in [2.05, 4.69) is 22.0 Å². The van der Waals surface area contributed by atoms with Crippen LogP contribution < -0.4 is 11.0 Å².